The number of oxime groups is 2. The second kappa shape index (κ2) is 28.8. The van der Waals surface area contributed by atoms with E-state index in [1.54, 1.807) is 51.4 Å². The highest BCUT2D eigenvalue weighted by Gasteiger charge is 2.48. The number of methoxy groups -OCH3 is 2. The number of allylic oxidation sites excluding steroid dienone is 3. The van der Waals surface area contributed by atoms with Crippen molar-refractivity contribution in [3.63, 3.8) is 0 Å². The molecule has 0 amide bonds. The largest absolute Gasteiger partial charge is 0.462 e. The van der Waals surface area contributed by atoms with Crippen LogP contribution in [-0.4, -0.2) is 172 Å². The van der Waals surface area contributed by atoms with Crippen molar-refractivity contribution in [2.24, 2.45) is 34.0 Å². The number of benzene rings is 1. The molecule has 1 aliphatic carbocycles. The molecule has 0 spiro atoms. The second-order valence-corrected chi connectivity index (χ2v) is 21.1. The number of aliphatic hydroxyl groups is 3. The lowest BCUT2D eigenvalue weighted by Gasteiger charge is -2.47. The van der Waals surface area contributed by atoms with Crippen molar-refractivity contribution in [3.05, 3.63) is 76.0 Å². The van der Waals surface area contributed by atoms with E-state index in [1.807, 2.05) is 76.2 Å². The van der Waals surface area contributed by atoms with E-state index in [-0.39, 0.29) is 51.2 Å². The molecule has 1 aromatic heterocycles. The number of fused-ring (bicyclic) bond motifs is 3. The minimum absolute atomic E-state index is 0.0596. The number of hydrogen-bond donors (Lipinski definition) is 3. The molecule has 406 valence electrons. The average molecular weight is 1040 g/mol. The van der Waals surface area contributed by atoms with Crippen molar-refractivity contribution in [2.45, 2.75) is 153 Å². The third-order valence-electron chi connectivity index (χ3n) is 14.3. The summed E-state index contributed by atoms with van der Waals surface area (Å²) in [5, 5.41) is 42.1. The SMILES string of the molecule is CC[C@H]1OC(=O)C[C@H]2OC/C(=N/OCc3ccc(/C=N/Oc4ccccc4)s3)COCCC(C[C@@H](C)C(=O)/C=C/C(C)=C/[C@@H]1CO[C@@H]1CC[C@@H](O)[C@@H](OC)[C@H]1OC)[C@H](O[C@@H]1O[C@H](C)[C@@H](O)[C@H](N(C)C)[C@H]1O)[C@H]2C. The van der Waals surface area contributed by atoms with Crippen LogP contribution in [0.4, 0.5) is 0 Å². The summed E-state index contributed by atoms with van der Waals surface area (Å²) in [5.41, 5.74) is 1.23. The molecular weight excluding hydrogens is 963 g/mol. The summed E-state index contributed by atoms with van der Waals surface area (Å²) in [6.07, 6.45) is 0.434. The fourth-order valence-corrected chi connectivity index (χ4v) is 11.0. The zero-order valence-corrected chi connectivity index (χ0v) is 44.7. The van der Waals surface area contributed by atoms with E-state index in [2.05, 4.69) is 10.3 Å². The maximum Gasteiger partial charge on any atom is 0.308 e. The molecule has 16 atom stereocenters. The van der Waals surface area contributed by atoms with Gasteiger partial charge in [0.2, 0.25) is 0 Å². The van der Waals surface area contributed by atoms with Crippen molar-refractivity contribution >= 4 is 35.0 Å². The molecule has 4 heterocycles. The summed E-state index contributed by atoms with van der Waals surface area (Å²) in [6.45, 7) is 9.94. The number of aliphatic hydroxyl groups excluding tert-OH is 3. The highest BCUT2D eigenvalue weighted by atomic mass is 32.1. The Kier molecular flexibility index (Phi) is 23.0. The Morgan fingerprint density at radius 3 is 2.41 bits per heavy atom. The number of carbonyl (C=O) groups excluding carboxylic acids is 2. The predicted molar refractivity (Wildman–Crippen MR) is 274 cm³/mol. The molecule has 2 bridgehead atoms. The Hall–Kier alpha value is -3.96. The van der Waals surface area contributed by atoms with Crippen LogP contribution in [0.5, 0.6) is 5.75 Å². The molecule has 3 aliphatic heterocycles. The molecule has 4 aliphatic rings. The summed E-state index contributed by atoms with van der Waals surface area (Å²) < 4.78 is 50.5. The van der Waals surface area contributed by atoms with Gasteiger partial charge in [-0.1, -0.05) is 67.0 Å². The number of nitrogens with zero attached hydrogens (tertiary/aromatic N) is 3. The normalized spacial score (nSPS) is 36.3. The number of likely N-dealkylation sites (N-methyl/N-ethyl adjacent to an activating group) is 1. The van der Waals surface area contributed by atoms with Crippen LogP contribution < -0.4 is 4.84 Å². The van der Waals surface area contributed by atoms with Gasteiger partial charge in [-0.3, -0.25) is 9.59 Å². The van der Waals surface area contributed by atoms with Gasteiger partial charge in [-0.25, -0.2) is 0 Å². The minimum atomic E-state index is -1.25. The van der Waals surface area contributed by atoms with Crippen LogP contribution >= 0.6 is 11.3 Å². The van der Waals surface area contributed by atoms with Crippen molar-refractivity contribution < 1.29 is 72.5 Å². The van der Waals surface area contributed by atoms with E-state index >= 15 is 0 Å². The first-order valence-corrected chi connectivity index (χ1v) is 26.4. The van der Waals surface area contributed by atoms with Gasteiger partial charge in [-0.2, -0.15) is 0 Å². The van der Waals surface area contributed by atoms with E-state index in [1.165, 1.54) is 18.4 Å². The highest BCUT2D eigenvalue weighted by Crippen LogP contribution is 2.36. The Morgan fingerprint density at radius 2 is 1.68 bits per heavy atom. The molecule has 2 aromatic rings. The third-order valence-corrected chi connectivity index (χ3v) is 15.3. The number of para-hydroxylation sites is 1. The maximum absolute atomic E-state index is 14.5. The number of carbonyl (C=O) groups is 2. The van der Waals surface area contributed by atoms with Crippen LogP contribution in [-0.2, 0) is 58.9 Å². The number of esters is 1. The van der Waals surface area contributed by atoms with Gasteiger partial charge in [0.1, 0.15) is 30.1 Å². The Labute approximate surface area is 434 Å². The van der Waals surface area contributed by atoms with Crippen LogP contribution in [0.1, 0.15) is 82.9 Å². The Bertz CT molecular complexity index is 2140. The number of ketones is 1. The second-order valence-electron chi connectivity index (χ2n) is 19.9. The summed E-state index contributed by atoms with van der Waals surface area (Å²) in [4.78, 5) is 43.5. The predicted octanol–water partition coefficient (Wildman–Crippen LogP) is 5.88. The smallest absolute Gasteiger partial charge is 0.308 e. The van der Waals surface area contributed by atoms with Gasteiger partial charge in [0, 0.05) is 48.3 Å². The Balaban J connectivity index is 1.29. The molecule has 3 fully saturated rings. The molecule has 18 nitrogen and oxygen atoms in total. The number of rotatable bonds is 15. The summed E-state index contributed by atoms with van der Waals surface area (Å²) in [7, 11) is 6.65. The number of hydrogen-bond acceptors (Lipinski definition) is 19. The van der Waals surface area contributed by atoms with Gasteiger partial charge in [-0.05, 0) is 96.3 Å². The summed E-state index contributed by atoms with van der Waals surface area (Å²) in [5.74, 6) is -1.83. The zero-order chi connectivity index (χ0) is 52.6. The van der Waals surface area contributed by atoms with Gasteiger partial charge >= 0.3 is 5.97 Å². The van der Waals surface area contributed by atoms with Crippen LogP contribution in [0.15, 0.2) is 76.6 Å². The molecule has 6 rings (SSSR count). The molecule has 3 N–H and O–H groups in total. The van der Waals surface area contributed by atoms with E-state index in [9.17, 15) is 24.9 Å². The van der Waals surface area contributed by atoms with E-state index in [0.717, 1.165) is 15.3 Å². The van der Waals surface area contributed by atoms with Crippen LogP contribution in [0.3, 0.4) is 0 Å². The lowest BCUT2D eigenvalue weighted by molar-refractivity contribution is -0.305. The van der Waals surface area contributed by atoms with E-state index in [0.29, 0.717) is 43.6 Å². The Morgan fingerprint density at radius 1 is 0.918 bits per heavy atom. The van der Waals surface area contributed by atoms with Crippen LogP contribution in [0.25, 0.3) is 0 Å². The fraction of sp³-hybridized carbons (Fsp3) is 0.667. The van der Waals surface area contributed by atoms with Gasteiger partial charge in [0.25, 0.3) is 0 Å². The minimum Gasteiger partial charge on any atom is -0.462 e. The summed E-state index contributed by atoms with van der Waals surface area (Å²) in [6, 6.07) is 12.4. The summed E-state index contributed by atoms with van der Waals surface area (Å²) >= 11 is 1.47. The van der Waals surface area contributed by atoms with E-state index in [4.69, 9.17) is 47.6 Å². The first-order valence-electron chi connectivity index (χ1n) is 25.6. The molecule has 1 aromatic carbocycles. The van der Waals surface area contributed by atoms with Gasteiger partial charge in [0.15, 0.2) is 24.4 Å². The number of thiophene rings is 1. The quantitative estimate of drug-likeness (QED) is 0.108. The lowest BCUT2D eigenvalue weighted by Crippen LogP contribution is -2.63. The molecule has 19 heteroatoms. The molecule has 1 unspecified atom stereocenters. The molecule has 2 saturated heterocycles. The van der Waals surface area contributed by atoms with Gasteiger partial charge < -0.3 is 67.8 Å². The molecule has 0 radical (unpaired) electrons. The van der Waals surface area contributed by atoms with Crippen molar-refractivity contribution in [2.75, 3.05) is 54.7 Å². The monoisotopic (exact) mass is 1040 g/mol. The first-order chi connectivity index (χ1) is 35.1. The fourth-order valence-electron chi connectivity index (χ4n) is 10.2. The van der Waals surface area contributed by atoms with Crippen molar-refractivity contribution in [3.8, 4) is 5.75 Å². The standard InChI is InChI=1S/C54H79N3O15S/c1-10-44-37(28-66-45-21-20-43(59)52(63-8)53(45)64-9)24-32(2)16-19-42(58)33(3)25-36-22-23-65-29-38(56-68-31-41-18-17-40(73-41)27-55-72-39-14-12-11-13-15-39)30-67-46(26-47(60)70-44)34(4)51(36)71-54-50(62)48(57(6)7)49(61)35(5)69-54/h11-19,24,27,33-37,43-46,48-54,59,61-62H,10,20-23,25-26,28-31H2,1-9H3/b19-16+,32-24+,55-27+,56-38+/t33-,34+,35-,36?,37-,43-,44-,45-,46-,48+,49-,50-,51-,52-,53+,54+/m1/s1. The van der Waals surface area contributed by atoms with E-state index < -0.39 is 97.1 Å². The van der Waals surface area contributed by atoms with Crippen LogP contribution in [0.2, 0.25) is 0 Å². The van der Waals surface area contributed by atoms with Gasteiger partial charge in [-0.15, -0.1) is 11.3 Å². The highest BCUT2D eigenvalue weighted by molar-refractivity contribution is 7.13. The van der Waals surface area contributed by atoms with Crippen molar-refractivity contribution in [1.29, 1.82) is 0 Å². The molecule has 1 saturated carbocycles. The van der Waals surface area contributed by atoms with Crippen LogP contribution in [0, 0.1) is 23.7 Å². The topological polar surface area (TPSA) is 215 Å². The van der Waals surface area contributed by atoms with Gasteiger partial charge in [0.05, 0.1) is 75.1 Å². The first kappa shape index (κ1) is 58.3. The average Bonchev–Trinajstić information content (AvgIpc) is 3.82. The molecule has 73 heavy (non-hydrogen) atoms. The third kappa shape index (κ3) is 16.5. The molecular formula is C54H79N3O15S. The maximum atomic E-state index is 14.5. The number of ether oxygens (including phenoxy) is 8. The number of cyclic esters (lactones) is 1. The lowest BCUT2D eigenvalue weighted by atomic mass is 9.79. The van der Waals surface area contributed by atoms with Crippen molar-refractivity contribution in [1.82, 2.24) is 4.90 Å². The zero-order valence-electron chi connectivity index (χ0n) is 43.9.